The zero-order chi connectivity index (χ0) is 17.9. The summed E-state index contributed by atoms with van der Waals surface area (Å²) in [5.41, 5.74) is 1.23. The molecule has 1 unspecified atom stereocenters. The highest BCUT2D eigenvalue weighted by Crippen LogP contribution is 2.27. The monoisotopic (exact) mass is 338 g/mol. The summed E-state index contributed by atoms with van der Waals surface area (Å²) >= 11 is 0. The number of rotatable bonds is 6. The minimum absolute atomic E-state index is 0.175. The van der Waals surface area contributed by atoms with Gasteiger partial charge in [-0.3, -0.25) is 4.79 Å². The van der Waals surface area contributed by atoms with Crippen molar-refractivity contribution >= 4 is 21.9 Å². The van der Waals surface area contributed by atoms with Crippen LogP contribution in [0.15, 0.2) is 30.8 Å². The molecule has 0 aliphatic carbocycles. The summed E-state index contributed by atoms with van der Waals surface area (Å²) in [4.78, 5) is 12.4. The summed E-state index contributed by atoms with van der Waals surface area (Å²) < 4.78 is 28.1. The molecular formula is C18H26O4S. The molecule has 128 valence electrons. The Kier molecular flexibility index (Phi) is 5.80. The average molecular weight is 338 g/mol. The lowest BCUT2D eigenvalue weighted by Crippen LogP contribution is -2.47. The molecule has 23 heavy (non-hydrogen) atoms. The van der Waals surface area contributed by atoms with Crippen molar-refractivity contribution < 1.29 is 17.9 Å². The molecule has 0 aliphatic heterocycles. The van der Waals surface area contributed by atoms with Crippen LogP contribution in [0.1, 0.15) is 45.2 Å². The summed E-state index contributed by atoms with van der Waals surface area (Å²) in [6.45, 7) is 10.3. The molecule has 0 aromatic heterocycles. The number of ether oxygens (including phenoxy) is 1. The third kappa shape index (κ3) is 5.20. The van der Waals surface area contributed by atoms with Crippen molar-refractivity contribution in [3.63, 3.8) is 0 Å². The third-order valence-electron chi connectivity index (χ3n) is 3.76. The highest BCUT2D eigenvalue weighted by Gasteiger charge is 2.45. The Labute approximate surface area is 139 Å². The van der Waals surface area contributed by atoms with Crippen LogP contribution in [0.25, 0.3) is 6.08 Å². The van der Waals surface area contributed by atoms with Gasteiger partial charge in [-0.05, 0) is 51.7 Å². The van der Waals surface area contributed by atoms with E-state index in [1.807, 2.05) is 24.3 Å². The number of carbonyl (C=O) groups is 1. The van der Waals surface area contributed by atoms with E-state index in [4.69, 9.17) is 4.74 Å². The average Bonchev–Trinajstić information content (AvgIpc) is 2.42. The lowest BCUT2D eigenvalue weighted by Gasteiger charge is -2.30. The maximum Gasteiger partial charge on any atom is 0.327 e. The quantitative estimate of drug-likeness (QED) is 0.746. The van der Waals surface area contributed by atoms with Crippen LogP contribution in [-0.2, 0) is 25.8 Å². The highest BCUT2D eigenvalue weighted by atomic mass is 32.2. The van der Waals surface area contributed by atoms with Gasteiger partial charge in [0.05, 0.1) is 0 Å². The van der Waals surface area contributed by atoms with Gasteiger partial charge in [0, 0.05) is 6.26 Å². The van der Waals surface area contributed by atoms with Crippen LogP contribution < -0.4 is 0 Å². The van der Waals surface area contributed by atoms with Gasteiger partial charge < -0.3 is 4.74 Å². The van der Waals surface area contributed by atoms with Crippen molar-refractivity contribution in [2.45, 2.75) is 50.9 Å². The second kappa shape index (κ2) is 6.87. The predicted octanol–water partition coefficient (Wildman–Crippen LogP) is 3.41. The van der Waals surface area contributed by atoms with E-state index < -0.39 is 26.2 Å². The molecule has 0 aliphatic rings. The van der Waals surface area contributed by atoms with Crippen LogP contribution in [0.3, 0.4) is 0 Å². The number of benzene rings is 1. The summed E-state index contributed by atoms with van der Waals surface area (Å²) in [5.74, 6) is -0.699. The summed E-state index contributed by atoms with van der Waals surface area (Å²) in [6.07, 6.45) is 3.47. The molecule has 1 rings (SSSR count). The van der Waals surface area contributed by atoms with Gasteiger partial charge >= 0.3 is 5.97 Å². The zero-order valence-corrected chi connectivity index (χ0v) is 15.4. The van der Waals surface area contributed by atoms with Crippen molar-refractivity contribution in [1.82, 2.24) is 0 Å². The normalized spacial score (nSPS) is 14.8. The Bertz CT molecular complexity index is 666. The highest BCUT2D eigenvalue weighted by molar-refractivity contribution is 7.92. The standard InChI is InChI=1S/C18H26O4S/c1-7-14-8-10-15(11-9-14)12-13-18(5,23(6,20)21)16(19)22-17(2,3)4/h7-11H,1,12-13H2,2-6H3. The number of sulfone groups is 1. The van der Waals surface area contributed by atoms with Crippen molar-refractivity contribution in [2.24, 2.45) is 0 Å². The lowest BCUT2D eigenvalue weighted by atomic mass is 9.99. The molecule has 0 bridgehead atoms. The fourth-order valence-electron chi connectivity index (χ4n) is 2.03. The van der Waals surface area contributed by atoms with Gasteiger partial charge in [-0.15, -0.1) is 0 Å². The Hall–Kier alpha value is -1.62. The van der Waals surface area contributed by atoms with Gasteiger partial charge in [-0.1, -0.05) is 36.9 Å². The van der Waals surface area contributed by atoms with E-state index in [-0.39, 0.29) is 6.42 Å². The SMILES string of the molecule is C=Cc1ccc(CCC(C)(C(=O)OC(C)(C)C)S(C)(=O)=O)cc1. The first-order valence-electron chi connectivity index (χ1n) is 7.53. The van der Waals surface area contributed by atoms with Crippen molar-refractivity contribution in [3.05, 3.63) is 42.0 Å². The van der Waals surface area contributed by atoms with Crippen molar-refractivity contribution in [3.8, 4) is 0 Å². The number of hydrogen-bond acceptors (Lipinski definition) is 4. The maximum absolute atomic E-state index is 12.4. The number of carbonyl (C=O) groups excluding carboxylic acids is 1. The van der Waals surface area contributed by atoms with Gasteiger partial charge in [0.15, 0.2) is 14.6 Å². The van der Waals surface area contributed by atoms with Crippen LogP contribution in [0.4, 0.5) is 0 Å². The van der Waals surface area contributed by atoms with Crippen LogP contribution in [0.2, 0.25) is 0 Å². The molecule has 0 saturated heterocycles. The molecule has 5 heteroatoms. The molecule has 0 heterocycles. The minimum atomic E-state index is -3.61. The van der Waals surface area contributed by atoms with Gasteiger partial charge in [0.25, 0.3) is 0 Å². The molecule has 0 fully saturated rings. The van der Waals surface area contributed by atoms with E-state index in [1.54, 1.807) is 26.8 Å². The van der Waals surface area contributed by atoms with Crippen LogP contribution in [0.5, 0.6) is 0 Å². The van der Waals surface area contributed by atoms with Crippen LogP contribution >= 0.6 is 0 Å². The minimum Gasteiger partial charge on any atom is -0.459 e. The molecule has 0 amide bonds. The summed E-state index contributed by atoms with van der Waals surface area (Å²) in [6, 6.07) is 7.64. The van der Waals surface area contributed by atoms with E-state index in [1.165, 1.54) is 6.92 Å². The molecular weight excluding hydrogens is 312 g/mol. The molecule has 1 aromatic carbocycles. The second-order valence-corrected chi connectivity index (χ2v) is 9.40. The van der Waals surface area contributed by atoms with Gasteiger partial charge in [0.1, 0.15) is 5.60 Å². The fourth-order valence-corrected chi connectivity index (χ4v) is 2.85. The van der Waals surface area contributed by atoms with Crippen LogP contribution in [-0.4, -0.2) is 31.0 Å². The van der Waals surface area contributed by atoms with E-state index in [2.05, 4.69) is 6.58 Å². The first-order valence-corrected chi connectivity index (χ1v) is 9.42. The largest absolute Gasteiger partial charge is 0.459 e. The van der Waals surface area contributed by atoms with E-state index in [9.17, 15) is 13.2 Å². The molecule has 4 nitrogen and oxygen atoms in total. The Morgan fingerprint density at radius 1 is 1.17 bits per heavy atom. The number of hydrogen-bond donors (Lipinski definition) is 0. The molecule has 0 N–H and O–H groups in total. The van der Waals surface area contributed by atoms with Gasteiger partial charge in [-0.25, -0.2) is 8.42 Å². The molecule has 1 atom stereocenters. The number of esters is 1. The van der Waals surface area contributed by atoms with Crippen molar-refractivity contribution in [1.29, 1.82) is 0 Å². The first-order chi connectivity index (χ1) is 10.4. The van der Waals surface area contributed by atoms with Crippen LogP contribution in [0, 0.1) is 0 Å². The summed E-state index contributed by atoms with van der Waals surface area (Å²) in [5, 5.41) is 0. The Balaban J connectivity index is 2.98. The number of aryl methyl sites for hydroxylation is 1. The lowest BCUT2D eigenvalue weighted by molar-refractivity contribution is -0.157. The van der Waals surface area contributed by atoms with E-state index in [0.29, 0.717) is 6.42 Å². The third-order valence-corrected chi connectivity index (χ3v) is 5.76. The maximum atomic E-state index is 12.4. The predicted molar refractivity (Wildman–Crippen MR) is 93.9 cm³/mol. The molecule has 0 spiro atoms. The smallest absolute Gasteiger partial charge is 0.327 e. The zero-order valence-electron chi connectivity index (χ0n) is 14.5. The molecule has 0 radical (unpaired) electrons. The van der Waals surface area contributed by atoms with E-state index in [0.717, 1.165) is 17.4 Å². The second-order valence-electron chi connectivity index (χ2n) is 6.95. The molecule has 0 saturated carbocycles. The Morgan fingerprint density at radius 3 is 2.09 bits per heavy atom. The molecule has 1 aromatic rings. The van der Waals surface area contributed by atoms with E-state index >= 15 is 0 Å². The topological polar surface area (TPSA) is 60.4 Å². The summed E-state index contributed by atoms with van der Waals surface area (Å²) in [7, 11) is -3.61. The van der Waals surface area contributed by atoms with Gasteiger partial charge in [0.2, 0.25) is 0 Å². The van der Waals surface area contributed by atoms with Crippen molar-refractivity contribution in [2.75, 3.05) is 6.26 Å². The van der Waals surface area contributed by atoms with Gasteiger partial charge in [-0.2, -0.15) is 0 Å². The Morgan fingerprint density at radius 2 is 1.70 bits per heavy atom. The fraction of sp³-hybridized carbons (Fsp3) is 0.500. The first kappa shape index (κ1) is 19.4.